The van der Waals surface area contributed by atoms with E-state index < -0.39 is 17.9 Å². The van der Waals surface area contributed by atoms with Crippen LogP contribution >= 0.6 is 0 Å². The Bertz CT molecular complexity index is 1130. The summed E-state index contributed by atoms with van der Waals surface area (Å²) >= 11 is 0. The van der Waals surface area contributed by atoms with Crippen LogP contribution in [0.15, 0.2) is 30.3 Å². The standard InChI is InChI=1S/C30H41F2N5O2/c1-20(2)28-34-33-21(3)37(28)26-17-24-9-10-25(18-26)35(24)16-13-27(22-7-5-4-6-8-22)36(19-38)29(39)23-11-14-30(31,32)15-12-23/h4-8,19-20,23-27H,9-18H2,1-3H3/t24-,25+,26?,27-/m0/s1. The number of piperidine rings is 1. The van der Waals surface area contributed by atoms with Gasteiger partial charge in [-0.3, -0.25) is 19.4 Å². The molecule has 3 aliphatic rings. The number of rotatable bonds is 9. The zero-order chi connectivity index (χ0) is 27.7. The fourth-order valence-corrected chi connectivity index (χ4v) is 7.24. The Hall–Kier alpha value is -2.68. The molecule has 0 radical (unpaired) electrons. The molecule has 1 aromatic heterocycles. The number of nitrogens with zero attached hydrogens (tertiary/aromatic N) is 5. The molecule has 1 saturated carbocycles. The van der Waals surface area contributed by atoms with Crippen LogP contribution in [-0.4, -0.2) is 61.4 Å². The summed E-state index contributed by atoms with van der Waals surface area (Å²) in [6, 6.07) is 10.5. The van der Waals surface area contributed by atoms with Gasteiger partial charge >= 0.3 is 0 Å². The molecule has 2 bridgehead atoms. The molecule has 3 fully saturated rings. The summed E-state index contributed by atoms with van der Waals surface area (Å²) in [7, 11) is 0. The smallest absolute Gasteiger partial charge is 0.248 e. The van der Waals surface area contributed by atoms with Crippen LogP contribution in [0.5, 0.6) is 0 Å². The summed E-state index contributed by atoms with van der Waals surface area (Å²) in [5.41, 5.74) is 0.906. The van der Waals surface area contributed by atoms with E-state index in [4.69, 9.17) is 0 Å². The Morgan fingerprint density at radius 2 is 1.69 bits per heavy atom. The van der Waals surface area contributed by atoms with Crippen LogP contribution in [0.1, 0.15) is 107 Å². The molecular weight excluding hydrogens is 500 g/mol. The molecule has 9 heteroatoms. The van der Waals surface area contributed by atoms with Gasteiger partial charge in [-0.05, 0) is 57.4 Å². The lowest BCUT2D eigenvalue weighted by Crippen LogP contribution is -2.46. The molecule has 2 saturated heterocycles. The highest BCUT2D eigenvalue weighted by Gasteiger charge is 2.43. The van der Waals surface area contributed by atoms with Crippen molar-refractivity contribution < 1.29 is 18.4 Å². The first-order valence-corrected chi connectivity index (χ1v) is 14.6. The van der Waals surface area contributed by atoms with E-state index in [1.807, 2.05) is 37.3 Å². The number of carbonyl (C=O) groups excluding carboxylic acids is 2. The highest BCUT2D eigenvalue weighted by atomic mass is 19.3. The summed E-state index contributed by atoms with van der Waals surface area (Å²) < 4.78 is 29.8. The number of aromatic nitrogens is 3. The molecule has 39 heavy (non-hydrogen) atoms. The SMILES string of the molecule is Cc1nnc(C(C)C)n1C1C[C@H]2CC[C@@H](C1)N2CC[C@@H](c1ccccc1)N(C=O)C(=O)C1CCC(F)(F)CC1. The Labute approximate surface area is 230 Å². The van der Waals surface area contributed by atoms with Gasteiger partial charge < -0.3 is 4.57 Å². The van der Waals surface area contributed by atoms with Crippen LogP contribution in [0.4, 0.5) is 8.78 Å². The minimum atomic E-state index is -2.71. The van der Waals surface area contributed by atoms with Crippen molar-refractivity contribution in [2.24, 2.45) is 5.92 Å². The summed E-state index contributed by atoms with van der Waals surface area (Å²) in [5, 5.41) is 8.83. The predicted molar refractivity (Wildman–Crippen MR) is 144 cm³/mol. The van der Waals surface area contributed by atoms with Gasteiger partial charge in [0.2, 0.25) is 18.2 Å². The topological polar surface area (TPSA) is 71.3 Å². The molecule has 2 aliphatic heterocycles. The quantitative estimate of drug-likeness (QED) is 0.374. The Morgan fingerprint density at radius 3 is 2.28 bits per heavy atom. The molecule has 0 N–H and O–H groups in total. The van der Waals surface area contributed by atoms with E-state index in [-0.39, 0.29) is 31.6 Å². The first-order chi connectivity index (χ1) is 18.7. The third kappa shape index (κ3) is 5.79. The van der Waals surface area contributed by atoms with Crippen molar-refractivity contribution in [3.05, 3.63) is 47.5 Å². The second-order valence-electron chi connectivity index (χ2n) is 12.1. The lowest BCUT2D eigenvalue weighted by Gasteiger charge is -2.41. The molecule has 1 aliphatic carbocycles. The summed E-state index contributed by atoms with van der Waals surface area (Å²) in [6.07, 6.45) is 5.25. The lowest BCUT2D eigenvalue weighted by atomic mass is 9.85. The monoisotopic (exact) mass is 541 g/mol. The second kappa shape index (κ2) is 11.4. The van der Waals surface area contributed by atoms with Crippen molar-refractivity contribution in [2.45, 2.75) is 115 Å². The fourth-order valence-electron chi connectivity index (χ4n) is 7.24. The molecule has 1 aromatic carbocycles. The molecule has 7 nitrogen and oxygen atoms in total. The van der Waals surface area contributed by atoms with Crippen molar-refractivity contribution in [3.8, 4) is 0 Å². The van der Waals surface area contributed by atoms with Crippen molar-refractivity contribution >= 4 is 12.3 Å². The van der Waals surface area contributed by atoms with Gasteiger partial charge in [-0.2, -0.15) is 0 Å². The minimum Gasteiger partial charge on any atom is -0.312 e. The number of halogens is 2. The zero-order valence-electron chi connectivity index (χ0n) is 23.3. The van der Waals surface area contributed by atoms with Crippen molar-refractivity contribution in [3.63, 3.8) is 0 Å². The minimum absolute atomic E-state index is 0.121. The Balaban J connectivity index is 1.30. The zero-order valence-corrected chi connectivity index (χ0v) is 23.3. The molecule has 4 atom stereocenters. The third-order valence-electron chi connectivity index (χ3n) is 9.25. The number of amides is 2. The molecule has 1 unspecified atom stereocenters. The van der Waals surface area contributed by atoms with Crippen molar-refractivity contribution in [1.29, 1.82) is 0 Å². The van der Waals surface area contributed by atoms with E-state index in [1.165, 1.54) is 4.90 Å². The number of fused-ring (bicyclic) bond motifs is 2. The Kier molecular flexibility index (Phi) is 8.17. The molecule has 2 aromatic rings. The van der Waals surface area contributed by atoms with Gasteiger partial charge in [-0.15, -0.1) is 10.2 Å². The van der Waals surface area contributed by atoms with E-state index in [9.17, 15) is 18.4 Å². The van der Waals surface area contributed by atoms with E-state index in [2.05, 4.69) is 33.5 Å². The fraction of sp³-hybridized carbons (Fsp3) is 0.667. The molecule has 212 valence electrons. The number of benzene rings is 1. The van der Waals surface area contributed by atoms with E-state index in [0.717, 1.165) is 49.4 Å². The molecule has 0 spiro atoms. The second-order valence-corrected chi connectivity index (χ2v) is 12.1. The van der Waals surface area contributed by atoms with Crippen LogP contribution < -0.4 is 0 Å². The maximum atomic E-state index is 13.7. The number of carbonyl (C=O) groups is 2. The van der Waals surface area contributed by atoms with Gasteiger partial charge in [0.25, 0.3) is 0 Å². The summed E-state index contributed by atoms with van der Waals surface area (Å²) in [4.78, 5) is 29.7. The van der Waals surface area contributed by atoms with Crippen LogP contribution in [0.2, 0.25) is 0 Å². The number of hydrogen-bond donors (Lipinski definition) is 0. The van der Waals surface area contributed by atoms with E-state index in [1.54, 1.807) is 0 Å². The Morgan fingerprint density at radius 1 is 1.05 bits per heavy atom. The van der Waals surface area contributed by atoms with E-state index in [0.29, 0.717) is 36.9 Å². The highest BCUT2D eigenvalue weighted by molar-refractivity contribution is 5.88. The highest BCUT2D eigenvalue weighted by Crippen LogP contribution is 2.43. The number of hydrogen-bond acceptors (Lipinski definition) is 5. The molecule has 3 heterocycles. The normalized spacial score (nSPS) is 26.1. The molecular formula is C30H41F2N5O2. The largest absolute Gasteiger partial charge is 0.312 e. The van der Waals surface area contributed by atoms with Gasteiger partial charge in [0.05, 0.1) is 6.04 Å². The van der Waals surface area contributed by atoms with Gasteiger partial charge in [0.15, 0.2) is 0 Å². The van der Waals surface area contributed by atoms with Gasteiger partial charge in [-0.25, -0.2) is 8.78 Å². The summed E-state index contributed by atoms with van der Waals surface area (Å²) in [6.45, 7) is 7.13. The van der Waals surface area contributed by atoms with Crippen molar-refractivity contribution in [1.82, 2.24) is 24.6 Å². The lowest BCUT2D eigenvalue weighted by molar-refractivity contribution is -0.147. The molecule has 5 rings (SSSR count). The van der Waals surface area contributed by atoms with Crippen molar-refractivity contribution in [2.75, 3.05) is 6.54 Å². The summed E-state index contributed by atoms with van der Waals surface area (Å²) in [5.74, 6) is -1.23. The number of aryl methyl sites for hydroxylation is 1. The van der Waals surface area contributed by atoms with E-state index >= 15 is 0 Å². The maximum Gasteiger partial charge on any atom is 0.248 e. The first kappa shape index (κ1) is 27.9. The van der Waals surface area contributed by atoms with Crippen LogP contribution in [0.25, 0.3) is 0 Å². The third-order valence-corrected chi connectivity index (χ3v) is 9.25. The van der Waals surface area contributed by atoms with Crippen LogP contribution in [0, 0.1) is 12.8 Å². The van der Waals surface area contributed by atoms with Gasteiger partial charge in [0.1, 0.15) is 11.6 Å². The van der Waals surface area contributed by atoms with Crippen LogP contribution in [0.3, 0.4) is 0 Å². The predicted octanol–water partition coefficient (Wildman–Crippen LogP) is 5.82. The maximum absolute atomic E-state index is 13.7. The van der Waals surface area contributed by atoms with Gasteiger partial charge in [0, 0.05) is 49.3 Å². The first-order valence-electron chi connectivity index (χ1n) is 14.6. The number of imide groups is 1. The van der Waals surface area contributed by atoms with Gasteiger partial charge in [-0.1, -0.05) is 44.2 Å². The average Bonchev–Trinajstić information content (AvgIpc) is 3.41. The van der Waals surface area contributed by atoms with Crippen LogP contribution in [-0.2, 0) is 9.59 Å². The average molecular weight is 542 g/mol. The molecule has 2 amide bonds. The number of alkyl halides is 2.